The van der Waals surface area contributed by atoms with Crippen LogP contribution in [-0.2, 0) is 5.60 Å². The standard InChI is InChI=1S/C23H18Cl2O/c1-15-9-5-6-12-17(15)20-18-13-7-8-14-19(18)26-22(21(20)23(22,24)25)16-10-3-2-4-11-16/h2-14,20-21H,1H3/t20-,21+,22+/m1/s1. The van der Waals surface area contributed by atoms with Crippen LogP contribution in [0.3, 0.4) is 0 Å². The molecule has 0 aromatic heterocycles. The first kappa shape index (κ1) is 16.2. The van der Waals surface area contributed by atoms with Crippen LogP contribution in [0.15, 0.2) is 78.9 Å². The molecule has 5 rings (SSSR count). The Morgan fingerprint density at radius 1 is 0.769 bits per heavy atom. The number of halogens is 2. The zero-order valence-corrected chi connectivity index (χ0v) is 15.8. The van der Waals surface area contributed by atoms with Crippen molar-refractivity contribution < 1.29 is 4.74 Å². The van der Waals surface area contributed by atoms with Crippen LogP contribution < -0.4 is 4.74 Å². The van der Waals surface area contributed by atoms with E-state index in [0.29, 0.717) is 0 Å². The Balaban J connectivity index is 1.76. The first-order chi connectivity index (χ1) is 12.6. The van der Waals surface area contributed by atoms with Crippen molar-refractivity contribution in [2.45, 2.75) is 22.8 Å². The predicted octanol–water partition coefficient (Wildman–Crippen LogP) is 6.22. The lowest BCUT2D eigenvalue weighted by atomic mass is 9.80. The second-order valence-electron chi connectivity index (χ2n) is 7.18. The Kier molecular flexibility index (Phi) is 3.44. The number of aryl methyl sites for hydroxylation is 1. The fourth-order valence-electron chi connectivity index (χ4n) is 4.56. The third kappa shape index (κ3) is 1.99. The summed E-state index contributed by atoms with van der Waals surface area (Å²) in [6, 6.07) is 26.8. The average molecular weight is 381 g/mol. The van der Waals surface area contributed by atoms with Crippen molar-refractivity contribution in [3.8, 4) is 5.75 Å². The normalized spacial score (nSPS) is 27.8. The largest absolute Gasteiger partial charge is 0.479 e. The van der Waals surface area contributed by atoms with E-state index in [9.17, 15) is 0 Å². The fraction of sp³-hybridized carbons (Fsp3) is 0.217. The second kappa shape index (κ2) is 5.52. The molecule has 3 heteroatoms. The Bertz CT molecular complexity index is 982. The minimum Gasteiger partial charge on any atom is -0.479 e. The molecule has 0 saturated heterocycles. The van der Waals surface area contributed by atoms with Gasteiger partial charge in [-0.25, -0.2) is 0 Å². The molecule has 1 saturated carbocycles. The molecule has 0 unspecified atom stereocenters. The molecular weight excluding hydrogens is 363 g/mol. The molecule has 0 spiro atoms. The first-order valence-corrected chi connectivity index (χ1v) is 9.60. The maximum Gasteiger partial charge on any atom is 0.174 e. The SMILES string of the molecule is Cc1ccccc1[C@@H]1c2ccccc2O[C@@]2(c3ccccc3)[C@H]1C2(Cl)Cl. The van der Waals surface area contributed by atoms with Crippen molar-refractivity contribution in [1.29, 1.82) is 0 Å². The summed E-state index contributed by atoms with van der Waals surface area (Å²) < 4.78 is 5.54. The summed E-state index contributed by atoms with van der Waals surface area (Å²) in [5, 5.41) is 0. The zero-order chi connectivity index (χ0) is 17.9. The highest BCUT2D eigenvalue weighted by atomic mass is 35.5. The monoisotopic (exact) mass is 380 g/mol. The highest BCUT2D eigenvalue weighted by Crippen LogP contribution is 2.77. The number of hydrogen-bond donors (Lipinski definition) is 0. The van der Waals surface area contributed by atoms with Crippen molar-refractivity contribution >= 4 is 23.2 Å². The summed E-state index contributed by atoms with van der Waals surface area (Å²) in [4.78, 5) is 0. The Morgan fingerprint density at radius 3 is 2.12 bits per heavy atom. The Morgan fingerprint density at radius 2 is 1.38 bits per heavy atom. The van der Waals surface area contributed by atoms with E-state index in [4.69, 9.17) is 27.9 Å². The van der Waals surface area contributed by atoms with Gasteiger partial charge in [-0.05, 0) is 29.7 Å². The van der Waals surface area contributed by atoms with Gasteiger partial charge in [-0.2, -0.15) is 0 Å². The minimum atomic E-state index is -0.986. The average Bonchev–Trinajstić information content (AvgIpc) is 3.17. The van der Waals surface area contributed by atoms with Gasteiger partial charge in [-0.15, -0.1) is 0 Å². The van der Waals surface area contributed by atoms with Crippen molar-refractivity contribution in [1.82, 2.24) is 0 Å². The van der Waals surface area contributed by atoms with Crippen LogP contribution in [-0.4, -0.2) is 4.33 Å². The molecule has 26 heavy (non-hydrogen) atoms. The molecule has 1 heterocycles. The number of rotatable bonds is 2. The highest BCUT2D eigenvalue weighted by molar-refractivity contribution is 6.52. The minimum absolute atomic E-state index is 0.0447. The van der Waals surface area contributed by atoms with Crippen LogP contribution in [0.2, 0.25) is 0 Å². The zero-order valence-electron chi connectivity index (χ0n) is 14.3. The summed E-state index contributed by atoms with van der Waals surface area (Å²) in [6.45, 7) is 2.14. The summed E-state index contributed by atoms with van der Waals surface area (Å²) in [6.07, 6.45) is 0. The maximum atomic E-state index is 6.93. The van der Waals surface area contributed by atoms with Gasteiger partial charge in [0, 0.05) is 11.5 Å². The van der Waals surface area contributed by atoms with E-state index in [1.807, 2.05) is 30.3 Å². The van der Waals surface area contributed by atoms with Gasteiger partial charge >= 0.3 is 0 Å². The van der Waals surface area contributed by atoms with Crippen molar-refractivity contribution in [2.24, 2.45) is 5.92 Å². The van der Waals surface area contributed by atoms with Crippen molar-refractivity contribution in [3.05, 3.63) is 101 Å². The van der Waals surface area contributed by atoms with Gasteiger partial charge in [-0.1, -0.05) is 96.0 Å². The van der Waals surface area contributed by atoms with Crippen LogP contribution in [0, 0.1) is 12.8 Å². The van der Waals surface area contributed by atoms with Gasteiger partial charge < -0.3 is 4.74 Å². The molecule has 1 fully saturated rings. The lowest BCUT2D eigenvalue weighted by Gasteiger charge is -2.32. The molecule has 0 bridgehead atoms. The molecule has 0 radical (unpaired) electrons. The van der Waals surface area contributed by atoms with E-state index in [-0.39, 0.29) is 11.8 Å². The molecule has 3 aromatic rings. The predicted molar refractivity (Wildman–Crippen MR) is 106 cm³/mol. The highest BCUT2D eigenvalue weighted by Gasteiger charge is 2.83. The third-order valence-electron chi connectivity index (χ3n) is 5.82. The number of hydrogen-bond acceptors (Lipinski definition) is 1. The molecular formula is C23H18Cl2O. The van der Waals surface area contributed by atoms with Crippen molar-refractivity contribution in [2.75, 3.05) is 0 Å². The number of para-hydroxylation sites is 1. The molecule has 130 valence electrons. The molecule has 1 aliphatic carbocycles. The van der Waals surface area contributed by atoms with E-state index >= 15 is 0 Å². The van der Waals surface area contributed by atoms with E-state index in [0.717, 1.165) is 16.9 Å². The molecule has 3 aromatic carbocycles. The van der Waals surface area contributed by atoms with E-state index < -0.39 is 9.93 Å². The molecule has 2 aliphatic rings. The van der Waals surface area contributed by atoms with Gasteiger partial charge in [0.1, 0.15) is 5.75 Å². The lowest BCUT2D eigenvalue weighted by Crippen LogP contribution is -2.29. The van der Waals surface area contributed by atoms with Gasteiger partial charge in [0.05, 0.1) is 5.92 Å². The number of ether oxygens (including phenoxy) is 1. The van der Waals surface area contributed by atoms with Gasteiger partial charge in [-0.3, -0.25) is 0 Å². The number of alkyl halides is 2. The molecule has 0 N–H and O–H groups in total. The Labute approximate surface area is 163 Å². The van der Waals surface area contributed by atoms with E-state index in [2.05, 4.69) is 55.5 Å². The smallest absolute Gasteiger partial charge is 0.174 e. The van der Waals surface area contributed by atoms with Gasteiger partial charge in [0.25, 0.3) is 0 Å². The maximum absolute atomic E-state index is 6.93. The molecule has 1 nitrogen and oxygen atoms in total. The summed E-state index contributed by atoms with van der Waals surface area (Å²) in [5.74, 6) is 0.914. The van der Waals surface area contributed by atoms with Crippen LogP contribution >= 0.6 is 23.2 Å². The van der Waals surface area contributed by atoms with Crippen LogP contribution in [0.25, 0.3) is 0 Å². The summed E-state index contributed by atoms with van der Waals surface area (Å²) in [5.41, 5.74) is 3.96. The van der Waals surface area contributed by atoms with Crippen LogP contribution in [0.1, 0.15) is 28.2 Å². The van der Waals surface area contributed by atoms with Crippen molar-refractivity contribution in [3.63, 3.8) is 0 Å². The van der Waals surface area contributed by atoms with E-state index in [1.54, 1.807) is 0 Å². The topological polar surface area (TPSA) is 9.23 Å². The lowest BCUT2D eigenvalue weighted by molar-refractivity contribution is 0.137. The van der Waals surface area contributed by atoms with E-state index in [1.165, 1.54) is 11.1 Å². The fourth-order valence-corrected chi connectivity index (χ4v) is 5.55. The Hall–Kier alpha value is -1.96. The molecule has 0 amide bonds. The van der Waals surface area contributed by atoms with Crippen LogP contribution in [0.4, 0.5) is 0 Å². The quantitative estimate of drug-likeness (QED) is 0.479. The number of fused-ring (bicyclic) bond motifs is 2. The first-order valence-electron chi connectivity index (χ1n) is 8.84. The van der Waals surface area contributed by atoms with Gasteiger partial charge in [0.2, 0.25) is 0 Å². The molecule has 1 aliphatic heterocycles. The van der Waals surface area contributed by atoms with Gasteiger partial charge in [0.15, 0.2) is 9.93 Å². The third-order valence-corrected chi connectivity index (χ3v) is 6.86. The summed E-state index contributed by atoms with van der Waals surface area (Å²) >= 11 is 13.9. The number of benzene rings is 3. The second-order valence-corrected chi connectivity index (χ2v) is 8.56. The summed E-state index contributed by atoms with van der Waals surface area (Å²) in [7, 11) is 0. The molecule has 3 atom stereocenters. The van der Waals surface area contributed by atoms with Crippen LogP contribution in [0.5, 0.6) is 5.75 Å².